The fraction of sp³-hybridized carbons (Fsp3) is 0.308. The molecule has 0 aliphatic carbocycles. The summed E-state index contributed by atoms with van der Waals surface area (Å²) in [5.41, 5.74) is 0.943. The van der Waals surface area contributed by atoms with Gasteiger partial charge in [0, 0.05) is 35.4 Å². The number of dihydropyridines is 1. The van der Waals surface area contributed by atoms with Crippen LogP contribution in [0.2, 0.25) is 0 Å². The average Bonchev–Trinajstić information content (AvgIpc) is 2.85. The van der Waals surface area contributed by atoms with Crippen LogP contribution in [0.3, 0.4) is 0 Å². The van der Waals surface area contributed by atoms with E-state index in [0.29, 0.717) is 11.4 Å². The molecule has 0 amide bonds. The SMILES string of the molecule is CC1=C(C(=O)OCCOC(=O)c2cccnc2)C(c2ccccc2[N+](=O)[O-])C(C(=O)OC(C)C)=C(C)N1. The largest absolute Gasteiger partial charge is 0.460 e. The van der Waals surface area contributed by atoms with Crippen LogP contribution in [0.5, 0.6) is 0 Å². The van der Waals surface area contributed by atoms with Crippen molar-refractivity contribution < 1.29 is 33.5 Å². The molecule has 1 aromatic heterocycles. The van der Waals surface area contributed by atoms with E-state index in [2.05, 4.69) is 10.3 Å². The Morgan fingerprint density at radius 1 is 0.973 bits per heavy atom. The number of hydrogen-bond donors (Lipinski definition) is 1. The number of nitro groups is 1. The smallest absolute Gasteiger partial charge is 0.339 e. The predicted octanol–water partition coefficient (Wildman–Crippen LogP) is 3.58. The van der Waals surface area contributed by atoms with Crippen LogP contribution in [-0.4, -0.2) is 47.1 Å². The average molecular weight is 510 g/mol. The molecule has 11 heteroatoms. The summed E-state index contributed by atoms with van der Waals surface area (Å²) in [4.78, 5) is 53.5. The van der Waals surface area contributed by atoms with Crippen LogP contribution in [0.25, 0.3) is 0 Å². The first-order chi connectivity index (χ1) is 17.6. The van der Waals surface area contributed by atoms with E-state index in [1.165, 1.54) is 36.7 Å². The number of rotatable bonds is 9. The fourth-order valence-corrected chi connectivity index (χ4v) is 3.93. The number of nitrogens with one attached hydrogen (secondary N) is 1. The number of carbonyl (C=O) groups is 3. The number of carbonyl (C=O) groups excluding carboxylic acids is 3. The normalized spacial score (nSPS) is 15.2. The highest BCUT2D eigenvalue weighted by atomic mass is 16.6. The van der Waals surface area contributed by atoms with Crippen LogP contribution in [-0.2, 0) is 23.8 Å². The number of aromatic nitrogens is 1. The molecule has 1 aromatic carbocycles. The Hall–Kier alpha value is -4.54. The number of ether oxygens (including phenoxy) is 3. The Labute approximate surface area is 213 Å². The molecule has 1 unspecified atom stereocenters. The summed E-state index contributed by atoms with van der Waals surface area (Å²) in [6.45, 7) is 6.07. The van der Waals surface area contributed by atoms with Gasteiger partial charge in [-0.2, -0.15) is 0 Å². The number of para-hydroxylation sites is 1. The van der Waals surface area contributed by atoms with Gasteiger partial charge in [-0.25, -0.2) is 14.4 Å². The minimum Gasteiger partial charge on any atom is -0.460 e. The summed E-state index contributed by atoms with van der Waals surface area (Å²) in [6, 6.07) is 8.99. The second kappa shape index (κ2) is 11.9. The van der Waals surface area contributed by atoms with Gasteiger partial charge in [0.15, 0.2) is 0 Å². The van der Waals surface area contributed by atoms with Crippen LogP contribution < -0.4 is 5.32 Å². The molecule has 194 valence electrons. The lowest BCUT2D eigenvalue weighted by Crippen LogP contribution is -2.33. The van der Waals surface area contributed by atoms with Crippen LogP contribution >= 0.6 is 0 Å². The Morgan fingerprint density at radius 2 is 1.59 bits per heavy atom. The van der Waals surface area contributed by atoms with Gasteiger partial charge in [0.1, 0.15) is 13.2 Å². The van der Waals surface area contributed by atoms with E-state index < -0.39 is 34.9 Å². The third kappa shape index (κ3) is 6.37. The van der Waals surface area contributed by atoms with Crippen molar-refractivity contribution >= 4 is 23.6 Å². The van der Waals surface area contributed by atoms with Crippen molar-refractivity contribution in [1.82, 2.24) is 10.3 Å². The summed E-state index contributed by atoms with van der Waals surface area (Å²) >= 11 is 0. The highest BCUT2D eigenvalue weighted by Gasteiger charge is 2.41. The van der Waals surface area contributed by atoms with Crippen molar-refractivity contribution in [3.05, 3.63) is 92.6 Å². The fourth-order valence-electron chi connectivity index (χ4n) is 3.93. The van der Waals surface area contributed by atoms with Gasteiger partial charge in [0.2, 0.25) is 0 Å². The molecule has 0 saturated heterocycles. The van der Waals surface area contributed by atoms with Gasteiger partial charge in [-0.15, -0.1) is 0 Å². The number of allylic oxidation sites excluding steroid dienone is 2. The Bertz CT molecular complexity index is 1270. The lowest BCUT2D eigenvalue weighted by Gasteiger charge is -2.30. The van der Waals surface area contributed by atoms with E-state index in [-0.39, 0.29) is 41.2 Å². The van der Waals surface area contributed by atoms with Gasteiger partial charge >= 0.3 is 17.9 Å². The molecule has 1 atom stereocenters. The number of benzene rings is 1. The third-order valence-corrected chi connectivity index (χ3v) is 5.43. The highest BCUT2D eigenvalue weighted by Crippen LogP contribution is 2.42. The molecule has 2 aromatic rings. The van der Waals surface area contributed by atoms with Crippen molar-refractivity contribution in [1.29, 1.82) is 0 Å². The van der Waals surface area contributed by atoms with E-state index in [1.807, 2.05) is 0 Å². The molecule has 1 N–H and O–H groups in total. The topological polar surface area (TPSA) is 147 Å². The van der Waals surface area contributed by atoms with Crippen molar-refractivity contribution in [2.24, 2.45) is 0 Å². The van der Waals surface area contributed by atoms with Crippen molar-refractivity contribution in [3.8, 4) is 0 Å². The zero-order chi connectivity index (χ0) is 27.1. The summed E-state index contributed by atoms with van der Waals surface area (Å²) < 4.78 is 15.9. The van der Waals surface area contributed by atoms with E-state index >= 15 is 0 Å². The minimum atomic E-state index is -1.13. The van der Waals surface area contributed by atoms with Crippen molar-refractivity contribution in [2.45, 2.75) is 39.7 Å². The second-order valence-electron chi connectivity index (χ2n) is 8.42. The first-order valence-electron chi connectivity index (χ1n) is 11.5. The number of esters is 3. The lowest BCUT2D eigenvalue weighted by molar-refractivity contribution is -0.385. The standard InChI is InChI=1S/C26H27N3O8/c1-15(2)37-26(32)22-17(4)28-16(3)21(23(22)19-9-5-6-10-20(19)29(33)34)25(31)36-13-12-35-24(30)18-8-7-11-27-14-18/h5-11,14-15,23,28H,12-13H2,1-4H3. The van der Waals surface area contributed by atoms with Gasteiger partial charge in [0.05, 0.1) is 33.7 Å². The monoisotopic (exact) mass is 509 g/mol. The Kier molecular flexibility index (Phi) is 8.72. The van der Waals surface area contributed by atoms with Crippen LogP contribution in [0.15, 0.2) is 71.3 Å². The third-order valence-electron chi connectivity index (χ3n) is 5.43. The molecule has 0 saturated carbocycles. The van der Waals surface area contributed by atoms with Crippen molar-refractivity contribution in [3.63, 3.8) is 0 Å². The van der Waals surface area contributed by atoms with E-state index in [9.17, 15) is 24.5 Å². The van der Waals surface area contributed by atoms with Gasteiger partial charge in [-0.05, 0) is 39.8 Å². The molecule has 0 bridgehead atoms. The van der Waals surface area contributed by atoms with E-state index in [1.54, 1.807) is 39.8 Å². The number of nitrogens with zero attached hydrogens (tertiary/aromatic N) is 2. The summed E-state index contributed by atoms with van der Waals surface area (Å²) in [5.74, 6) is -3.30. The number of pyridine rings is 1. The predicted molar refractivity (Wildman–Crippen MR) is 131 cm³/mol. The van der Waals surface area contributed by atoms with Crippen molar-refractivity contribution in [2.75, 3.05) is 13.2 Å². The van der Waals surface area contributed by atoms with Gasteiger partial charge in [-0.1, -0.05) is 18.2 Å². The van der Waals surface area contributed by atoms with Gasteiger partial charge in [-0.3, -0.25) is 15.1 Å². The zero-order valence-corrected chi connectivity index (χ0v) is 20.8. The molecule has 0 spiro atoms. The van der Waals surface area contributed by atoms with Crippen LogP contribution in [0.4, 0.5) is 5.69 Å². The summed E-state index contributed by atoms with van der Waals surface area (Å²) in [6.07, 6.45) is 2.40. The maximum absolute atomic E-state index is 13.3. The molecule has 11 nitrogen and oxygen atoms in total. The van der Waals surface area contributed by atoms with E-state index in [4.69, 9.17) is 14.2 Å². The Morgan fingerprint density at radius 3 is 2.19 bits per heavy atom. The summed E-state index contributed by atoms with van der Waals surface area (Å²) in [5, 5.41) is 14.8. The highest BCUT2D eigenvalue weighted by molar-refractivity contribution is 6.00. The second-order valence-corrected chi connectivity index (χ2v) is 8.42. The molecule has 0 fully saturated rings. The maximum atomic E-state index is 13.3. The Balaban J connectivity index is 1.89. The molecule has 37 heavy (non-hydrogen) atoms. The quantitative estimate of drug-likeness (QED) is 0.175. The lowest BCUT2D eigenvalue weighted by atomic mass is 9.79. The van der Waals surface area contributed by atoms with Crippen LogP contribution in [0.1, 0.15) is 49.5 Å². The number of hydrogen-bond acceptors (Lipinski definition) is 10. The molecule has 1 aliphatic rings. The molecule has 0 radical (unpaired) electrons. The van der Waals surface area contributed by atoms with Crippen LogP contribution in [0, 0.1) is 10.1 Å². The molecule has 1 aliphatic heterocycles. The zero-order valence-electron chi connectivity index (χ0n) is 20.8. The molecule has 3 rings (SSSR count). The van der Waals surface area contributed by atoms with Gasteiger partial charge < -0.3 is 19.5 Å². The maximum Gasteiger partial charge on any atom is 0.339 e. The first kappa shape index (κ1) is 27.1. The summed E-state index contributed by atoms with van der Waals surface area (Å²) in [7, 11) is 0. The molecular formula is C26H27N3O8. The minimum absolute atomic E-state index is 0.00851. The molecular weight excluding hydrogens is 482 g/mol. The van der Waals surface area contributed by atoms with E-state index in [0.717, 1.165) is 0 Å². The van der Waals surface area contributed by atoms with Gasteiger partial charge in [0.25, 0.3) is 5.69 Å². The number of nitro benzene ring substituents is 1. The first-order valence-corrected chi connectivity index (χ1v) is 11.5. The molecule has 2 heterocycles.